The molecule has 0 saturated heterocycles. The first-order valence-electron chi connectivity index (χ1n) is 4.10. The molecule has 12 heavy (non-hydrogen) atoms. The maximum atomic E-state index is 4.13. The zero-order valence-electron chi connectivity index (χ0n) is 7.62. The number of allylic oxidation sites excluding steroid dienone is 1. The second kappa shape index (κ2) is 3.90. The van der Waals surface area contributed by atoms with Gasteiger partial charge in [0.25, 0.3) is 0 Å². The van der Waals surface area contributed by atoms with Crippen molar-refractivity contribution >= 4 is 12.2 Å². The second-order valence-electron chi connectivity index (χ2n) is 2.62. The number of aryl methyl sites for hydroxylation is 1. The average molecular weight is 162 g/mol. The number of hydrogen-bond donors (Lipinski definition) is 0. The lowest BCUT2D eigenvalue weighted by atomic mass is 10.2. The van der Waals surface area contributed by atoms with Gasteiger partial charge in [0.1, 0.15) is 0 Å². The minimum absolute atomic E-state index is 1.04. The molecule has 0 bridgehead atoms. The van der Waals surface area contributed by atoms with Crippen LogP contribution in [0.1, 0.15) is 24.6 Å². The van der Waals surface area contributed by atoms with Gasteiger partial charge in [0.15, 0.2) is 0 Å². The first-order chi connectivity index (χ1) is 5.79. The zero-order valence-corrected chi connectivity index (χ0v) is 7.62. The molecule has 1 aromatic rings. The molecule has 1 rings (SSSR count). The Morgan fingerprint density at radius 3 is 3.00 bits per heavy atom. The van der Waals surface area contributed by atoms with Crippen molar-refractivity contribution in [3.05, 3.63) is 30.1 Å². The molecule has 0 aliphatic heterocycles. The van der Waals surface area contributed by atoms with E-state index in [-0.39, 0.29) is 0 Å². The molecule has 0 N–H and O–H groups in total. The van der Waals surface area contributed by atoms with Crippen LogP contribution in [0, 0.1) is 0 Å². The SMILES string of the molecule is C=Cc1cnn(C)c1/C=C\CC. The number of nitrogens with zero attached hydrogens (tertiary/aromatic N) is 2. The Kier molecular flexibility index (Phi) is 2.86. The molecule has 0 radical (unpaired) electrons. The average Bonchev–Trinajstić information content (AvgIpc) is 2.43. The Labute approximate surface area is 73.2 Å². The van der Waals surface area contributed by atoms with Gasteiger partial charge in [-0.3, -0.25) is 4.68 Å². The molecule has 0 fully saturated rings. The Balaban J connectivity index is 3.01. The molecule has 0 aromatic carbocycles. The van der Waals surface area contributed by atoms with Crippen molar-refractivity contribution in [1.29, 1.82) is 0 Å². The zero-order chi connectivity index (χ0) is 8.97. The Hall–Kier alpha value is -1.31. The van der Waals surface area contributed by atoms with E-state index in [0.717, 1.165) is 17.7 Å². The summed E-state index contributed by atoms with van der Waals surface area (Å²) >= 11 is 0. The highest BCUT2D eigenvalue weighted by Crippen LogP contribution is 2.10. The van der Waals surface area contributed by atoms with Crippen LogP contribution in [0.25, 0.3) is 12.2 Å². The van der Waals surface area contributed by atoms with E-state index in [1.165, 1.54) is 0 Å². The number of hydrogen-bond acceptors (Lipinski definition) is 1. The van der Waals surface area contributed by atoms with Gasteiger partial charge in [0.05, 0.1) is 11.9 Å². The van der Waals surface area contributed by atoms with Crippen LogP contribution in [0.15, 0.2) is 18.9 Å². The molecular formula is C10H14N2. The molecule has 0 aliphatic rings. The van der Waals surface area contributed by atoms with Gasteiger partial charge >= 0.3 is 0 Å². The highest BCUT2D eigenvalue weighted by atomic mass is 15.3. The van der Waals surface area contributed by atoms with Crippen LogP contribution in [0.5, 0.6) is 0 Å². The summed E-state index contributed by atoms with van der Waals surface area (Å²) in [6.45, 7) is 5.84. The molecule has 0 unspecified atom stereocenters. The maximum absolute atomic E-state index is 4.13. The largest absolute Gasteiger partial charge is 0.268 e. The van der Waals surface area contributed by atoms with Crippen LogP contribution >= 0.6 is 0 Å². The van der Waals surface area contributed by atoms with Gasteiger partial charge < -0.3 is 0 Å². The quantitative estimate of drug-likeness (QED) is 0.667. The molecule has 2 nitrogen and oxygen atoms in total. The van der Waals surface area contributed by atoms with Gasteiger partial charge in [-0.15, -0.1) is 0 Å². The number of aromatic nitrogens is 2. The van der Waals surface area contributed by atoms with Gasteiger partial charge in [-0.25, -0.2) is 0 Å². The lowest BCUT2D eigenvalue weighted by Crippen LogP contribution is -1.92. The summed E-state index contributed by atoms with van der Waals surface area (Å²) in [4.78, 5) is 0. The first-order valence-corrected chi connectivity index (χ1v) is 4.10. The van der Waals surface area contributed by atoms with Gasteiger partial charge in [-0.05, 0) is 12.5 Å². The van der Waals surface area contributed by atoms with Crippen molar-refractivity contribution in [3.8, 4) is 0 Å². The van der Waals surface area contributed by atoms with Gasteiger partial charge in [0, 0.05) is 12.6 Å². The van der Waals surface area contributed by atoms with Crippen molar-refractivity contribution in [1.82, 2.24) is 9.78 Å². The maximum Gasteiger partial charge on any atom is 0.0675 e. The number of rotatable bonds is 3. The third-order valence-corrected chi connectivity index (χ3v) is 1.75. The standard InChI is InChI=1S/C10H14N2/c1-4-6-7-10-9(5-2)8-11-12(10)3/h5-8H,2,4H2,1,3H3/b7-6-. The fraction of sp³-hybridized carbons (Fsp3) is 0.300. The predicted molar refractivity (Wildman–Crippen MR) is 52.6 cm³/mol. The van der Waals surface area contributed by atoms with Crippen molar-refractivity contribution < 1.29 is 0 Å². The van der Waals surface area contributed by atoms with Gasteiger partial charge in [0.2, 0.25) is 0 Å². The topological polar surface area (TPSA) is 17.8 Å². The van der Waals surface area contributed by atoms with E-state index >= 15 is 0 Å². The van der Waals surface area contributed by atoms with E-state index in [9.17, 15) is 0 Å². The first kappa shape index (κ1) is 8.78. The van der Waals surface area contributed by atoms with Crippen molar-refractivity contribution in [2.45, 2.75) is 13.3 Å². The molecule has 2 heteroatoms. The summed E-state index contributed by atoms with van der Waals surface area (Å²) in [6.07, 6.45) is 8.88. The van der Waals surface area contributed by atoms with Crippen LogP contribution in [0.3, 0.4) is 0 Å². The monoisotopic (exact) mass is 162 g/mol. The van der Waals surface area contributed by atoms with Crippen molar-refractivity contribution in [2.24, 2.45) is 7.05 Å². The minimum Gasteiger partial charge on any atom is -0.268 e. The molecule has 0 atom stereocenters. The molecule has 1 aromatic heterocycles. The van der Waals surface area contributed by atoms with Gasteiger partial charge in [-0.1, -0.05) is 25.7 Å². The Bertz CT molecular complexity index is 295. The smallest absolute Gasteiger partial charge is 0.0675 e. The van der Waals surface area contributed by atoms with Crippen molar-refractivity contribution in [2.75, 3.05) is 0 Å². The summed E-state index contributed by atoms with van der Waals surface area (Å²) < 4.78 is 1.85. The van der Waals surface area contributed by atoms with E-state index in [1.807, 2.05) is 24.0 Å². The van der Waals surface area contributed by atoms with Crippen LogP contribution in [0.4, 0.5) is 0 Å². The molecular weight excluding hydrogens is 148 g/mol. The van der Waals surface area contributed by atoms with Crippen LogP contribution < -0.4 is 0 Å². The Morgan fingerprint density at radius 2 is 2.42 bits per heavy atom. The molecule has 1 heterocycles. The third-order valence-electron chi connectivity index (χ3n) is 1.75. The fourth-order valence-corrected chi connectivity index (χ4v) is 1.05. The van der Waals surface area contributed by atoms with E-state index < -0.39 is 0 Å². The van der Waals surface area contributed by atoms with E-state index in [4.69, 9.17) is 0 Å². The molecule has 0 saturated carbocycles. The molecule has 64 valence electrons. The van der Waals surface area contributed by atoms with Crippen LogP contribution in [-0.4, -0.2) is 9.78 Å². The molecule has 0 aliphatic carbocycles. The molecule has 0 amide bonds. The minimum atomic E-state index is 1.04. The van der Waals surface area contributed by atoms with Crippen LogP contribution in [0.2, 0.25) is 0 Å². The highest BCUT2D eigenvalue weighted by molar-refractivity contribution is 5.60. The Morgan fingerprint density at radius 1 is 1.67 bits per heavy atom. The lowest BCUT2D eigenvalue weighted by Gasteiger charge is -1.95. The van der Waals surface area contributed by atoms with Crippen LogP contribution in [-0.2, 0) is 7.05 Å². The predicted octanol–water partition coefficient (Wildman–Crippen LogP) is 2.49. The van der Waals surface area contributed by atoms with Gasteiger partial charge in [-0.2, -0.15) is 5.10 Å². The summed E-state index contributed by atoms with van der Waals surface area (Å²) in [7, 11) is 1.93. The summed E-state index contributed by atoms with van der Waals surface area (Å²) in [6, 6.07) is 0. The van der Waals surface area contributed by atoms with E-state index in [2.05, 4.69) is 30.8 Å². The van der Waals surface area contributed by atoms with E-state index in [0.29, 0.717) is 0 Å². The highest BCUT2D eigenvalue weighted by Gasteiger charge is 1.99. The second-order valence-corrected chi connectivity index (χ2v) is 2.62. The third kappa shape index (κ3) is 1.64. The van der Waals surface area contributed by atoms with Crippen molar-refractivity contribution in [3.63, 3.8) is 0 Å². The summed E-state index contributed by atoms with van der Waals surface area (Å²) in [5, 5.41) is 4.13. The molecule has 0 spiro atoms. The summed E-state index contributed by atoms with van der Waals surface area (Å²) in [5.41, 5.74) is 2.20. The lowest BCUT2D eigenvalue weighted by molar-refractivity contribution is 0.759. The fourth-order valence-electron chi connectivity index (χ4n) is 1.05. The summed E-state index contributed by atoms with van der Waals surface area (Å²) in [5.74, 6) is 0. The normalized spacial score (nSPS) is 10.8. The van der Waals surface area contributed by atoms with E-state index in [1.54, 1.807) is 0 Å².